The maximum absolute atomic E-state index is 11.0. The van der Waals surface area contributed by atoms with Gasteiger partial charge in [-0.25, -0.2) is 0 Å². The Morgan fingerprint density at radius 1 is 1.29 bits per heavy atom. The molecule has 0 spiro atoms. The van der Waals surface area contributed by atoms with Gasteiger partial charge in [0.1, 0.15) is 0 Å². The molecule has 0 aromatic heterocycles. The van der Waals surface area contributed by atoms with E-state index in [1.54, 1.807) is 0 Å². The number of carbonyl (C=O) groups excluding carboxylic acids is 1. The minimum absolute atomic E-state index is 0.204. The summed E-state index contributed by atoms with van der Waals surface area (Å²) in [6, 6.07) is 0.949. The summed E-state index contributed by atoms with van der Waals surface area (Å²) in [6.07, 6.45) is 3.91. The van der Waals surface area contributed by atoms with E-state index in [0.717, 1.165) is 38.9 Å². The molecule has 80 valence electrons. The summed E-state index contributed by atoms with van der Waals surface area (Å²) in [5.74, 6) is 0.204. The predicted molar refractivity (Wildman–Crippen MR) is 54.8 cm³/mol. The van der Waals surface area contributed by atoms with Crippen molar-refractivity contribution in [2.75, 3.05) is 19.6 Å². The first-order valence-electron chi connectivity index (χ1n) is 5.52. The van der Waals surface area contributed by atoms with Gasteiger partial charge in [0, 0.05) is 25.0 Å². The summed E-state index contributed by atoms with van der Waals surface area (Å²) < 4.78 is 0. The number of rotatable bonds is 1. The third kappa shape index (κ3) is 2.25. The van der Waals surface area contributed by atoms with E-state index in [4.69, 9.17) is 5.73 Å². The average molecular weight is 197 g/mol. The molecule has 1 unspecified atom stereocenters. The van der Waals surface area contributed by atoms with Crippen LogP contribution in [0.3, 0.4) is 0 Å². The fourth-order valence-electron chi connectivity index (χ4n) is 2.32. The van der Waals surface area contributed by atoms with Crippen molar-refractivity contribution in [1.82, 2.24) is 10.2 Å². The van der Waals surface area contributed by atoms with Gasteiger partial charge in [-0.2, -0.15) is 0 Å². The molecule has 3 N–H and O–H groups in total. The zero-order chi connectivity index (χ0) is 9.97. The largest absolute Gasteiger partial charge is 0.355 e. The van der Waals surface area contributed by atoms with E-state index < -0.39 is 0 Å². The number of carbonyl (C=O) groups is 1. The SMILES string of the molecule is NC1CCN(C2CCC(=O)NC2)CC1. The van der Waals surface area contributed by atoms with Crippen molar-refractivity contribution in [3.8, 4) is 0 Å². The third-order valence-electron chi connectivity index (χ3n) is 3.33. The normalized spacial score (nSPS) is 31.5. The van der Waals surface area contributed by atoms with E-state index in [-0.39, 0.29) is 5.91 Å². The van der Waals surface area contributed by atoms with Crippen LogP contribution in [0.1, 0.15) is 25.7 Å². The van der Waals surface area contributed by atoms with E-state index in [1.165, 1.54) is 0 Å². The summed E-state index contributed by atoms with van der Waals surface area (Å²) in [5, 5.41) is 2.93. The van der Waals surface area contributed by atoms with Gasteiger partial charge in [0.15, 0.2) is 0 Å². The standard InChI is InChI=1S/C10H19N3O/c11-8-3-5-13(6-4-8)9-1-2-10(14)12-7-9/h8-9H,1-7,11H2,(H,12,14). The number of nitrogens with zero attached hydrogens (tertiary/aromatic N) is 1. The number of likely N-dealkylation sites (tertiary alicyclic amines) is 1. The zero-order valence-corrected chi connectivity index (χ0v) is 8.54. The molecular formula is C10H19N3O. The van der Waals surface area contributed by atoms with Gasteiger partial charge in [-0.15, -0.1) is 0 Å². The Kier molecular flexibility index (Phi) is 3.03. The molecular weight excluding hydrogens is 178 g/mol. The molecule has 0 aromatic carbocycles. The number of piperidine rings is 2. The summed E-state index contributed by atoms with van der Waals surface area (Å²) in [4.78, 5) is 13.5. The molecule has 2 heterocycles. The molecule has 0 bridgehead atoms. The Morgan fingerprint density at radius 3 is 2.57 bits per heavy atom. The van der Waals surface area contributed by atoms with Crippen molar-refractivity contribution in [1.29, 1.82) is 0 Å². The first-order chi connectivity index (χ1) is 6.75. The van der Waals surface area contributed by atoms with Crippen LogP contribution >= 0.6 is 0 Å². The van der Waals surface area contributed by atoms with Crippen LogP contribution < -0.4 is 11.1 Å². The lowest BCUT2D eigenvalue weighted by Crippen LogP contribution is -2.52. The molecule has 1 atom stereocenters. The summed E-state index contributed by atoms with van der Waals surface area (Å²) >= 11 is 0. The summed E-state index contributed by atoms with van der Waals surface area (Å²) in [6.45, 7) is 3.03. The van der Waals surface area contributed by atoms with Gasteiger partial charge in [-0.1, -0.05) is 0 Å². The quantitative estimate of drug-likeness (QED) is 0.606. The van der Waals surface area contributed by atoms with Gasteiger partial charge in [0.2, 0.25) is 5.91 Å². The topological polar surface area (TPSA) is 58.4 Å². The van der Waals surface area contributed by atoms with Crippen molar-refractivity contribution in [2.24, 2.45) is 5.73 Å². The highest BCUT2D eigenvalue weighted by molar-refractivity contribution is 5.76. The van der Waals surface area contributed by atoms with Crippen LogP contribution in [0.4, 0.5) is 0 Å². The van der Waals surface area contributed by atoms with Crippen LogP contribution in [0.25, 0.3) is 0 Å². The number of hydrogen-bond donors (Lipinski definition) is 2. The van der Waals surface area contributed by atoms with Gasteiger partial charge in [-0.3, -0.25) is 9.69 Å². The van der Waals surface area contributed by atoms with Crippen molar-refractivity contribution >= 4 is 5.91 Å². The molecule has 14 heavy (non-hydrogen) atoms. The van der Waals surface area contributed by atoms with Crippen LogP contribution in [-0.2, 0) is 4.79 Å². The Balaban J connectivity index is 1.81. The van der Waals surface area contributed by atoms with Gasteiger partial charge < -0.3 is 11.1 Å². The number of hydrogen-bond acceptors (Lipinski definition) is 3. The minimum Gasteiger partial charge on any atom is -0.355 e. The molecule has 2 aliphatic heterocycles. The van der Waals surface area contributed by atoms with Crippen LogP contribution in [0.15, 0.2) is 0 Å². The zero-order valence-electron chi connectivity index (χ0n) is 8.54. The maximum atomic E-state index is 11.0. The molecule has 2 fully saturated rings. The smallest absolute Gasteiger partial charge is 0.220 e. The fraction of sp³-hybridized carbons (Fsp3) is 0.900. The lowest BCUT2D eigenvalue weighted by molar-refractivity contribution is -0.123. The number of nitrogens with two attached hydrogens (primary N) is 1. The molecule has 4 heteroatoms. The second kappa shape index (κ2) is 4.28. The second-order valence-corrected chi connectivity index (χ2v) is 4.37. The van der Waals surface area contributed by atoms with Crippen LogP contribution in [0.5, 0.6) is 0 Å². The number of nitrogens with one attached hydrogen (secondary N) is 1. The summed E-state index contributed by atoms with van der Waals surface area (Å²) in [5.41, 5.74) is 5.85. The highest BCUT2D eigenvalue weighted by atomic mass is 16.1. The van der Waals surface area contributed by atoms with E-state index in [1.807, 2.05) is 0 Å². The number of amides is 1. The Morgan fingerprint density at radius 2 is 2.00 bits per heavy atom. The average Bonchev–Trinajstić information content (AvgIpc) is 2.21. The van der Waals surface area contributed by atoms with Gasteiger partial charge in [-0.05, 0) is 32.4 Å². The monoisotopic (exact) mass is 197 g/mol. The van der Waals surface area contributed by atoms with E-state index in [9.17, 15) is 4.79 Å². The van der Waals surface area contributed by atoms with Gasteiger partial charge in [0.05, 0.1) is 0 Å². The maximum Gasteiger partial charge on any atom is 0.220 e. The first-order valence-corrected chi connectivity index (χ1v) is 5.52. The van der Waals surface area contributed by atoms with E-state index >= 15 is 0 Å². The van der Waals surface area contributed by atoms with Crippen molar-refractivity contribution in [2.45, 2.75) is 37.8 Å². The highest BCUT2D eigenvalue weighted by Crippen LogP contribution is 2.16. The van der Waals surface area contributed by atoms with E-state index in [0.29, 0.717) is 18.5 Å². The van der Waals surface area contributed by atoms with Gasteiger partial charge in [0.25, 0.3) is 0 Å². The Labute approximate surface area is 84.8 Å². The lowest BCUT2D eigenvalue weighted by atomic mass is 10.00. The van der Waals surface area contributed by atoms with Crippen LogP contribution in [-0.4, -0.2) is 42.5 Å². The van der Waals surface area contributed by atoms with Crippen molar-refractivity contribution in [3.63, 3.8) is 0 Å². The molecule has 0 radical (unpaired) electrons. The Hall–Kier alpha value is -0.610. The molecule has 2 saturated heterocycles. The van der Waals surface area contributed by atoms with Gasteiger partial charge >= 0.3 is 0 Å². The van der Waals surface area contributed by atoms with Crippen molar-refractivity contribution in [3.05, 3.63) is 0 Å². The second-order valence-electron chi connectivity index (χ2n) is 4.37. The molecule has 0 aromatic rings. The molecule has 0 saturated carbocycles. The van der Waals surface area contributed by atoms with Crippen molar-refractivity contribution < 1.29 is 4.79 Å². The lowest BCUT2D eigenvalue weighted by Gasteiger charge is -2.38. The first kappa shape index (κ1) is 9.93. The van der Waals surface area contributed by atoms with Crippen LogP contribution in [0, 0.1) is 0 Å². The Bertz CT molecular complexity index is 201. The molecule has 1 amide bonds. The molecule has 2 aliphatic rings. The third-order valence-corrected chi connectivity index (χ3v) is 3.33. The predicted octanol–water partition coefficient (Wildman–Crippen LogP) is -0.312. The summed E-state index contributed by atoms with van der Waals surface area (Å²) in [7, 11) is 0. The van der Waals surface area contributed by atoms with Crippen LogP contribution in [0.2, 0.25) is 0 Å². The van der Waals surface area contributed by atoms with E-state index in [2.05, 4.69) is 10.2 Å². The highest BCUT2D eigenvalue weighted by Gasteiger charge is 2.26. The molecule has 0 aliphatic carbocycles. The minimum atomic E-state index is 0.204. The fourth-order valence-corrected chi connectivity index (χ4v) is 2.32. The molecule has 4 nitrogen and oxygen atoms in total. The molecule has 2 rings (SSSR count).